The highest BCUT2D eigenvalue weighted by Gasteiger charge is 2.08. The molecule has 0 aliphatic heterocycles. The van der Waals surface area contributed by atoms with E-state index in [4.69, 9.17) is 11.6 Å². The first-order chi connectivity index (χ1) is 6.11. The van der Waals surface area contributed by atoms with Gasteiger partial charge in [0.2, 0.25) is 5.91 Å². The minimum absolute atomic E-state index is 0.0590. The van der Waals surface area contributed by atoms with Crippen molar-refractivity contribution in [1.29, 1.82) is 0 Å². The molecule has 1 rings (SSSR count). The molecule has 1 aromatic heterocycles. The number of hydrogen-bond acceptors (Lipinski definition) is 2. The van der Waals surface area contributed by atoms with E-state index in [1.165, 1.54) is 0 Å². The maximum Gasteiger partial charge on any atom is 0.227 e. The van der Waals surface area contributed by atoms with Gasteiger partial charge in [-0.05, 0) is 12.1 Å². The van der Waals surface area contributed by atoms with Gasteiger partial charge in [0, 0.05) is 12.1 Å². The standard InChI is InChI=1S/C9H11ClN2O/c1-6(2)9(13)12-7-4-3-5-11-8(7)10/h3-6H,1-2H3,(H,12,13). The lowest BCUT2D eigenvalue weighted by molar-refractivity contribution is -0.118. The molecule has 0 saturated carbocycles. The Hall–Kier alpha value is -1.09. The number of nitrogens with one attached hydrogen (secondary N) is 1. The fourth-order valence-corrected chi connectivity index (χ4v) is 0.923. The minimum Gasteiger partial charge on any atom is -0.323 e. The molecule has 1 amide bonds. The summed E-state index contributed by atoms with van der Waals surface area (Å²) in [5, 5.41) is 2.99. The molecular formula is C9H11ClN2O. The average molecular weight is 199 g/mol. The minimum atomic E-state index is -0.0603. The monoisotopic (exact) mass is 198 g/mol. The van der Waals surface area contributed by atoms with E-state index in [9.17, 15) is 4.79 Å². The van der Waals surface area contributed by atoms with Crippen molar-refractivity contribution in [1.82, 2.24) is 4.98 Å². The zero-order valence-electron chi connectivity index (χ0n) is 7.54. The predicted molar refractivity (Wildman–Crippen MR) is 52.7 cm³/mol. The van der Waals surface area contributed by atoms with Crippen LogP contribution in [0.15, 0.2) is 18.3 Å². The van der Waals surface area contributed by atoms with Crippen LogP contribution in [-0.4, -0.2) is 10.9 Å². The molecule has 0 spiro atoms. The number of amides is 1. The molecule has 0 atom stereocenters. The van der Waals surface area contributed by atoms with Crippen LogP contribution in [0.4, 0.5) is 5.69 Å². The lowest BCUT2D eigenvalue weighted by Crippen LogP contribution is -2.18. The molecule has 4 heteroatoms. The maximum atomic E-state index is 11.3. The van der Waals surface area contributed by atoms with Crippen molar-refractivity contribution >= 4 is 23.2 Å². The summed E-state index contributed by atoms with van der Waals surface area (Å²) in [7, 11) is 0. The summed E-state index contributed by atoms with van der Waals surface area (Å²) < 4.78 is 0. The Bertz CT molecular complexity index is 312. The molecule has 0 bridgehead atoms. The molecule has 70 valence electrons. The molecule has 0 aliphatic carbocycles. The van der Waals surface area contributed by atoms with Gasteiger partial charge in [0.1, 0.15) is 0 Å². The third-order valence-electron chi connectivity index (χ3n) is 1.54. The second-order valence-electron chi connectivity index (χ2n) is 2.99. The molecule has 1 heterocycles. The third-order valence-corrected chi connectivity index (χ3v) is 1.84. The fraction of sp³-hybridized carbons (Fsp3) is 0.333. The van der Waals surface area contributed by atoms with Crippen LogP contribution >= 0.6 is 11.6 Å². The van der Waals surface area contributed by atoms with Gasteiger partial charge in [-0.3, -0.25) is 4.79 Å². The number of pyridine rings is 1. The molecule has 0 aromatic carbocycles. The Kier molecular flexibility index (Phi) is 3.25. The first kappa shape index (κ1) is 9.99. The number of anilines is 1. The molecule has 13 heavy (non-hydrogen) atoms. The van der Waals surface area contributed by atoms with Gasteiger partial charge in [-0.15, -0.1) is 0 Å². The lowest BCUT2D eigenvalue weighted by Gasteiger charge is -2.07. The first-order valence-corrected chi connectivity index (χ1v) is 4.40. The fourth-order valence-electron chi connectivity index (χ4n) is 0.756. The number of halogens is 1. The van der Waals surface area contributed by atoms with E-state index in [0.29, 0.717) is 10.8 Å². The molecule has 1 N–H and O–H groups in total. The van der Waals surface area contributed by atoms with Gasteiger partial charge in [-0.25, -0.2) is 4.98 Å². The molecule has 0 saturated heterocycles. The van der Waals surface area contributed by atoms with Crippen molar-refractivity contribution < 1.29 is 4.79 Å². The van der Waals surface area contributed by atoms with Crippen LogP contribution in [0.1, 0.15) is 13.8 Å². The number of rotatable bonds is 2. The van der Waals surface area contributed by atoms with Gasteiger partial charge < -0.3 is 5.32 Å². The lowest BCUT2D eigenvalue weighted by atomic mass is 10.2. The van der Waals surface area contributed by atoms with Crippen molar-refractivity contribution in [2.45, 2.75) is 13.8 Å². The van der Waals surface area contributed by atoms with Crippen molar-refractivity contribution in [2.24, 2.45) is 5.92 Å². The highest BCUT2D eigenvalue weighted by atomic mass is 35.5. The Morgan fingerprint density at radius 1 is 1.62 bits per heavy atom. The summed E-state index contributed by atoms with van der Waals surface area (Å²) >= 11 is 5.75. The second-order valence-corrected chi connectivity index (χ2v) is 3.34. The van der Waals surface area contributed by atoms with Gasteiger partial charge in [-0.2, -0.15) is 0 Å². The van der Waals surface area contributed by atoms with Gasteiger partial charge in [0.05, 0.1) is 5.69 Å². The summed E-state index contributed by atoms with van der Waals surface area (Å²) in [6.45, 7) is 3.64. The Balaban J connectivity index is 2.75. The molecule has 0 radical (unpaired) electrons. The van der Waals surface area contributed by atoms with Crippen LogP contribution in [-0.2, 0) is 4.79 Å². The van der Waals surface area contributed by atoms with Gasteiger partial charge in [0.15, 0.2) is 5.15 Å². The van der Waals surface area contributed by atoms with E-state index in [2.05, 4.69) is 10.3 Å². The Labute approximate surface area is 82.1 Å². The van der Waals surface area contributed by atoms with Crippen molar-refractivity contribution in [3.8, 4) is 0 Å². The quantitative estimate of drug-likeness (QED) is 0.742. The number of nitrogens with zero attached hydrogens (tertiary/aromatic N) is 1. The third kappa shape index (κ3) is 2.70. The Morgan fingerprint density at radius 2 is 2.31 bits per heavy atom. The zero-order valence-corrected chi connectivity index (χ0v) is 8.30. The molecule has 0 unspecified atom stereocenters. The molecule has 0 fully saturated rings. The number of aromatic nitrogens is 1. The number of hydrogen-bond donors (Lipinski definition) is 1. The van der Waals surface area contributed by atoms with Gasteiger partial charge >= 0.3 is 0 Å². The summed E-state index contributed by atoms with van der Waals surface area (Å²) in [4.78, 5) is 15.1. The summed E-state index contributed by atoms with van der Waals surface area (Å²) in [5.41, 5.74) is 0.558. The van der Waals surface area contributed by atoms with Crippen LogP contribution in [0.5, 0.6) is 0 Å². The van der Waals surface area contributed by atoms with Crippen molar-refractivity contribution in [3.63, 3.8) is 0 Å². The van der Waals surface area contributed by atoms with E-state index < -0.39 is 0 Å². The van der Waals surface area contributed by atoms with E-state index >= 15 is 0 Å². The first-order valence-electron chi connectivity index (χ1n) is 4.02. The SMILES string of the molecule is CC(C)C(=O)Nc1cccnc1Cl. The summed E-state index contributed by atoms with van der Waals surface area (Å²) in [6, 6.07) is 3.44. The van der Waals surface area contributed by atoms with Gasteiger partial charge in [-0.1, -0.05) is 25.4 Å². The number of carbonyl (C=O) groups excluding carboxylic acids is 1. The zero-order chi connectivity index (χ0) is 9.84. The normalized spacial score (nSPS) is 10.2. The Morgan fingerprint density at radius 3 is 2.85 bits per heavy atom. The van der Waals surface area contributed by atoms with Gasteiger partial charge in [0.25, 0.3) is 0 Å². The maximum absolute atomic E-state index is 11.3. The topological polar surface area (TPSA) is 42.0 Å². The largest absolute Gasteiger partial charge is 0.323 e. The smallest absolute Gasteiger partial charge is 0.227 e. The van der Waals surface area contributed by atoms with E-state index in [1.807, 2.05) is 13.8 Å². The predicted octanol–water partition coefficient (Wildman–Crippen LogP) is 2.33. The van der Waals surface area contributed by atoms with E-state index in [-0.39, 0.29) is 11.8 Å². The van der Waals surface area contributed by atoms with E-state index in [1.54, 1.807) is 18.3 Å². The van der Waals surface area contributed by atoms with Crippen molar-refractivity contribution in [3.05, 3.63) is 23.5 Å². The van der Waals surface area contributed by atoms with Crippen LogP contribution in [0, 0.1) is 5.92 Å². The molecular weight excluding hydrogens is 188 g/mol. The van der Waals surface area contributed by atoms with Crippen molar-refractivity contribution in [2.75, 3.05) is 5.32 Å². The van der Waals surface area contributed by atoms with Crippen LogP contribution < -0.4 is 5.32 Å². The summed E-state index contributed by atoms with van der Waals surface area (Å²) in [6.07, 6.45) is 1.58. The number of carbonyl (C=O) groups is 1. The van der Waals surface area contributed by atoms with Crippen LogP contribution in [0.2, 0.25) is 5.15 Å². The second kappa shape index (κ2) is 4.23. The average Bonchev–Trinajstić information content (AvgIpc) is 2.08. The summed E-state index contributed by atoms with van der Waals surface area (Å²) in [5.74, 6) is -0.119. The molecule has 0 aliphatic rings. The molecule has 3 nitrogen and oxygen atoms in total. The van der Waals surface area contributed by atoms with E-state index in [0.717, 1.165) is 0 Å². The van der Waals surface area contributed by atoms with Crippen LogP contribution in [0.25, 0.3) is 0 Å². The molecule has 1 aromatic rings. The highest BCUT2D eigenvalue weighted by Crippen LogP contribution is 2.17. The highest BCUT2D eigenvalue weighted by molar-refractivity contribution is 6.32. The van der Waals surface area contributed by atoms with Crippen LogP contribution in [0.3, 0.4) is 0 Å².